The van der Waals surface area contributed by atoms with Gasteiger partial charge in [0.05, 0.1) is 5.69 Å². The predicted molar refractivity (Wildman–Crippen MR) is 120 cm³/mol. The van der Waals surface area contributed by atoms with E-state index < -0.39 is 0 Å². The lowest BCUT2D eigenvalue weighted by Crippen LogP contribution is -2.14. The highest BCUT2D eigenvalue weighted by Crippen LogP contribution is 2.30. The van der Waals surface area contributed by atoms with Crippen LogP contribution in [0.15, 0.2) is 53.4 Å². The molecule has 2 aliphatic carbocycles. The number of primary amides is 1. The van der Waals surface area contributed by atoms with Crippen LogP contribution in [-0.4, -0.2) is 36.6 Å². The molecule has 1 aromatic carbocycles. The molecule has 4 aromatic rings. The molecule has 6 rings (SSSR count). The largest absolute Gasteiger partial charge is 0.485 e. The van der Waals surface area contributed by atoms with E-state index >= 15 is 0 Å². The Bertz CT molecular complexity index is 1290. The Morgan fingerprint density at radius 3 is 2.47 bits per heavy atom. The second-order valence-electron chi connectivity index (χ2n) is 8.22. The van der Waals surface area contributed by atoms with Crippen molar-refractivity contribution in [3.05, 3.63) is 54.7 Å². The molecule has 0 atom stereocenters. The molecule has 2 amide bonds. The molecule has 0 bridgehead atoms. The first kappa shape index (κ1) is 21.6. The molecule has 0 radical (unpaired) electrons. The van der Waals surface area contributed by atoms with Gasteiger partial charge < -0.3 is 15.0 Å². The molecule has 2 fully saturated rings. The van der Waals surface area contributed by atoms with Gasteiger partial charge in [-0.15, -0.1) is 5.10 Å². The smallest absolute Gasteiger partial charge is 0.249 e. The van der Waals surface area contributed by atoms with E-state index in [4.69, 9.17) is 10.5 Å². The van der Waals surface area contributed by atoms with Crippen LogP contribution in [0.1, 0.15) is 31.5 Å². The van der Waals surface area contributed by atoms with E-state index in [-0.39, 0.29) is 30.3 Å². The minimum atomic E-state index is -0.130. The minimum absolute atomic E-state index is 0.0134. The van der Waals surface area contributed by atoms with Gasteiger partial charge in [-0.25, -0.2) is 4.52 Å². The maximum absolute atomic E-state index is 12.0. The van der Waals surface area contributed by atoms with Gasteiger partial charge in [-0.2, -0.15) is 9.97 Å². The van der Waals surface area contributed by atoms with Gasteiger partial charge in [0.25, 0.3) is 0 Å². The average molecular weight is 461 g/mol. The van der Waals surface area contributed by atoms with Crippen molar-refractivity contribution in [2.45, 2.75) is 32.3 Å². The van der Waals surface area contributed by atoms with E-state index in [2.05, 4.69) is 30.1 Å². The van der Waals surface area contributed by atoms with Gasteiger partial charge in [-0.1, -0.05) is 11.2 Å². The maximum atomic E-state index is 12.0. The first-order valence-electron chi connectivity index (χ1n) is 11.0. The van der Waals surface area contributed by atoms with Crippen molar-refractivity contribution < 1.29 is 18.8 Å². The van der Waals surface area contributed by atoms with Gasteiger partial charge in [0, 0.05) is 17.4 Å². The van der Waals surface area contributed by atoms with Gasteiger partial charge in [-0.3, -0.25) is 14.9 Å². The number of nitrogens with two attached hydrogens (primary N) is 1. The lowest BCUT2D eigenvalue weighted by atomic mass is 10.1. The number of hydrogen-bond acceptors (Lipinski definition) is 8. The zero-order chi connectivity index (χ0) is 23.5. The zero-order valence-electron chi connectivity index (χ0n) is 18.3. The summed E-state index contributed by atoms with van der Waals surface area (Å²) in [5, 5.41) is 10.9. The predicted octanol–water partition coefficient (Wildman–Crippen LogP) is 2.59. The quantitative estimate of drug-likeness (QED) is 0.426. The second-order valence-corrected chi connectivity index (χ2v) is 8.22. The molecule has 11 heteroatoms. The Hall–Kier alpha value is -4.28. The third-order valence-corrected chi connectivity index (χ3v) is 5.45. The molecule has 0 saturated heterocycles. The fourth-order valence-corrected chi connectivity index (χ4v) is 3.23. The number of pyridine rings is 1. The zero-order valence-corrected chi connectivity index (χ0v) is 18.3. The van der Waals surface area contributed by atoms with Crippen molar-refractivity contribution in [2.24, 2.45) is 17.6 Å². The summed E-state index contributed by atoms with van der Waals surface area (Å²) < 4.78 is 12.0. The molecule has 0 aliphatic heterocycles. The van der Waals surface area contributed by atoms with Crippen LogP contribution in [0.4, 0.5) is 5.95 Å². The Kier molecular flexibility index (Phi) is 5.90. The number of carbonyl (C=O) groups is 2. The number of amides is 2. The van der Waals surface area contributed by atoms with E-state index in [9.17, 15) is 9.59 Å². The van der Waals surface area contributed by atoms with Crippen LogP contribution in [-0.2, 0) is 16.2 Å². The highest BCUT2D eigenvalue weighted by Gasteiger charge is 2.30. The number of rotatable bonds is 7. The Morgan fingerprint density at radius 1 is 1.09 bits per heavy atom. The number of benzene rings is 1. The molecular weight excluding hydrogens is 438 g/mol. The van der Waals surface area contributed by atoms with E-state index in [0.29, 0.717) is 23.2 Å². The summed E-state index contributed by atoms with van der Waals surface area (Å²) in [6, 6.07) is 13.3. The summed E-state index contributed by atoms with van der Waals surface area (Å²) in [7, 11) is 0. The van der Waals surface area contributed by atoms with Crippen LogP contribution in [0.2, 0.25) is 0 Å². The number of anilines is 1. The number of aromatic nitrogens is 5. The van der Waals surface area contributed by atoms with Crippen molar-refractivity contribution in [1.82, 2.24) is 24.7 Å². The lowest BCUT2D eigenvalue weighted by molar-refractivity contribution is -0.119. The van der Waals surface area contributed by atoms with Crippen molar-refractivity contribution >= 4 is 23.4 Å². The third kappa shape index (κ3) is 5.20. The Balaban J connectivity index is 0.000000351. The highest BCUT2D eigenvalue weighted by molar-refractivity contribution is 5.92. The van der Waals surface area contributed by atoms with Crippen LogP contribution in [0.3, 0.4) is 0 Å². The van der Waals surface area contributed by atoms with Crippen LogP contribution in [0.25, 0.3) is 16.9 Å². The molecule has 11 nitrogen and oxygen atoms in total. The summed E-state index contributed by atoms with van der Waals surface area (Å²) in [5.74, 6) is 1.70. The SMILES string of the molecule is NC(=O)C1CC1.O=C(Nc1nc2cccc(-c3ccc(OCc4ncon4)cc3)n2n1)C1CC1. The average Bonchev–Trinajstić information content (AvgIpc) is 3.77. The molecule has 2 saturated carbocycles. The van der Waals surface area contributed by atoms with Gasteiger partial charge in [-0.05, 0) is 62.1 Å². The number of hydrogen-bond donors (Lipinski definition) is 2. The van der Waals surface area contributed by atoms with E-state index in [0.717, 1.165) is 36.9 Å². The molecular formula is C23H23N7O4. The molecule has 0 spiro atoms. The van der Waals surface area contributed by atoms with Crippen molar-refractivity contribution in [3.63, 3.8) is 0 Å². The van der Waals surface area contributed by atoms with Crippen LogP contribution in [0.5, 0.6) is 5.75 Å². The number of nitrogens with one attached hydrogen (secondary N) is 1. The summed E-state index contributed by atoms with van der Waals surface area (Å²) in [4.78, 5) is 30.3. The molecule has 174 valence electrons. The van der Waals surface area contributed by atoms with Crippen molar-refractivity contribution in [3.8, 4) is 17.0 Å². The highest BCUT2D eigenvalue weighted by atomic mass is 16.5. The summed E-state index contributed by atoms with van der Waals surface area (Å²) in [6.07, 6.45) is 5.18. The molecule has 3 aromatic heterocycles. The van der Waals surface area contributed by atoms with Gasteiger partial charge in [0.1, 0.15) is 5.75 Å². The van der Waals surface area contributed by atoms with Gasteiger partial charge in [0.15, 0.2) is 12.3 Å². The maximum Gasteiger partial charge on any atom is 0.249 e. The molecule has 3 heterocycles. The minimum Gasteiger partial charge on any atom is -0.485 e. The first-order chi connectivity index (χ1) is 16.6. The Labute approximate surface area is 194 Å². The van der Waals surface area contributed by atoms with Crippen molar-refractivity contribution in [2.75, 3.05) is 5.32 Å². The normalized spacial score (nSPS) is 14.8. The van der Waals surface area contributed by atoms with Crippen LogP contribution in [0, 0.1) is 11.8 Å². The molecule has 2 aliphatic rings. The molecule has 0 unspecified atom stereocenters. The summed E-state index contributed by atoms with van der Waals surface area (Å²) in [6.45, 7) is 0.235. The third-order valence-electron chi connectivity index (χ3n) is 5.45. The molecule has 34 heavy (non-hydrogen) atoms. The van der Waals surface area contributed by atoms with E-state index in [1.165, 1.54) is 6.39 Å². The number of ether oxygens (including phenoxy) is 1. The topological polar surface area (TPSA) is 151 Å². The fourth-order valence-electron chi connectivity index (χ4n) is 3.23. The lowest BCUT2D eigenvalue weighted by Gasteiger charge is -2.07. The Morgan fingerprint density at radius 2 is 1.85 bits per heavy atom. The van der Waals surface area contributed by atoms with Crippen LogP contribution >= 0.6 is 0 Å². The van der Waals surface area contributed by atoms with Gasteiger partial charge in [0.2, 0.25) is 30.0 Å². The molecule has 3 N–H and O–H groups in total. The van der Waals surface area contributed by atoms with E-state index in [1.54, 1.807) is 4.52 Å². The second kappa shape index (κ2) is 9.30. The number of carbonyl (C=O) groups excluding carboxylic acids is 2. The number of fused-ring (bicyclic) bond motifs is 1. The van der Waals surface area contributed by atoms with E-state index in [1.807, 2.05) is 42.5 Å². The van der Waals surface area contributed by atoms with Crippen molar-refractivity contribution in [1.29, 1.82) is 0 Å². The monoisotopic (exact) mass is 461 g/mol. The fraction of sp³-hybridized carbons (Fsp3) is 0.304. The summed E-state index contributed by atoms with van der Waals surface area (Å²) >= 11 is 0. The summed E-state index contributed by atoms with van der Waals surface area (Å²) in [5.41, 5.74) is 7.34. The first-order valence-corrected chi connectivity index (χ1v) is 11.0. The number of nitrogens with zero attached hydrogens (tertiary/aromatic N) is 5. The van der Waals surface area contributed by atoms with Gasteiger partial charge >= 0.3 is 0 Å². The van der Waals surface area contributed by atoms with Crippen LogP contribution < -0.4 is 15.8 Å². The standard InChI is InChI=1S/C19H16N6O3.C4H7NO/c26-18(13-4-5-13)22-19-21-17-3-1-2-15(25(17)23-19)12-6-8-14(9-7-12)27-10-16-20-11-28-24-16;5-4(6)3-1-2-3/h1-3,6-9,11,13H,4-5,10H2,(H,22,23,26);3H,1-2H2,(H2,5,6).